The molecule has 0 aliphatic carbocycles. The van der Waals surface area contributed by atoms with Crippen LogP contribution in [0.1, 0.15) is 50.0 Å². The predicted molar refractivity (Wildman–Crippen MR) is 150 cm³/mol. The van der Waals surface area contributed by atoms with Crippen molar-refractivity contribution in [1.82, 2.24) is 19.8 Å². The number of piperidine rings is 2. The van der Waals surface area contributed by atoms with E-state index in [1.807, 2.05) is 7.05 Å². The van der Waals surface area contributed by atoms with Crippen molar-refractivity contribution >= 4 is 45.7 Å². The van der Waals surface area contributed by atoms with Gasteiger partial charge in [-0.05, 0) is 99.5 Å². The average molecular weight is 570 g/mol. The van der Waals surface area contributed by atoms with Crippen LogP contribution in [0.25, 0.3) is 22.4 Å². The molecule has 0 saturated carbocycles. The zero-order valence-corrected chi connectivity index (χ0v) is 23.6. The highest BCUT2D eigenvalue weighted by molar-refractivity contribution is 7.90. The van der Waals surface area contributed by atoms with E-state index in [0.29, 0.717) is 40.9 Å². The minimum atomic E-state index is -3.27. The van der Waals surface area contributed by atoms with Crippen molar-refractivity contribution in [2.24, 2.45) is 7.05 Å². The lowest BCUT2D eigenvalue weighted by Crippen LogP contribution is -2.50. The molecule has 0 spiro atoms. The number of hydrogen-bond acceptors (Lipinski definition) is 5. The number of rotatable bonds is 4. The quantitative estimate of drug-likeness (QED) is 0.475. The zero-order valence-electron chi connectivity index (χ0n) is 21.2. The van der Waals surface area contributed by atoms with Crippen LogP contribution in [0.3, 0.4) is 0 Å². The Balaban J connectivity index is 0.00000160. The van der Waals surface area contributed by atoms with E-state index in [2.05, 4.69) is 16.3 Å². The van der Waals surface area contributed by atoms with E-state index in [1.165, 1.54) is 31.9 Å². The van der Waals surface area contributed by atoms with Crippen molar-refractivity contribution < 1.29 is 12.8 Å². The summed E-state index contributed by atoms with van der Waals surface area (Å²) < 4.78 is 40.6. The number of hydrogen-bond donors (Lipinski definition) is 1. The monoisotopic (exact) mass is 568 g/mol. The van der Waals surface area contributed by atoms with Gasteiger partial charge in [-0.2, -0.15) is 0 Å². The molecule has 3 fully saturated rings. The van der Waals surface area contributed by atoms with E-state index >= 15 is 4.39 Å². The predicted octanol–water partition coefficient (Wildman–Crippen LogP) is 5.09. The fourth-order valence-corrected chi connectivity index (χ4v) is 7.22. The summed E-state index contributed by atoms with van der Waals surface area (Å²) in [4.78, 5) is 7.70. The van der Waals surface area contributed by atoms with Gasteiger partial charge in [0.05, 0.1) is 10.4 Å². The van der Waals surface area contributed by atoms with Crippen LogP contribution in [0.4, 0.5) is 4.39 Å². The average Bonchev–Trinajstić information content (AvgIpc) is 3.36. The Morgan fingerprint density at radius 2 is 1.59 bits per heavy atom. The van der Waals surface area contributed by atoms with Crippen LogP contribution >= 0.6 is 24.8 Å². The molecule has 3 aliphatic heterocycles. The SMILES string of the molecule is Cl.Cl.Cn1c(-c2ccc(S(C)(=O)=O)cc2)nc2cc(C3CCN(C4CC5CCC(C4)N5)CC3)cc(F)c21. The number of aryl methyl sites for hydroxylation is 1. The number of benzene rings is 2. The van der Waals surface area contributed by atoms with Crippen molar-refractivity contribution in [3.8, 4) is 11.4 Å². The number of sulfone groups is 1. The van der Waals surface area contributed by atoms with Crippen LogP contribution in [-0.2, 0) is 16.9 Å². The third-order valence-electron chi connectivity index (χ3n) is 8.45. The molecular weight excluding hydrogens is 534 g/mol. The van der Waals surface area contributed by atoms with Crippen molar-refractivity contribution in [1.29, 1.82) is 0 Å². The molecule has 2 aromatic carbocycles. The summed E-state index contributed by atoms with van der Waals surface area (Å²) in [6.45, 7) is 2.16. The highest BCUT2D eigenvalue weighted by Crippen LogP contribution is 2.36. The maximum Gasteiger partial charge on any atom is 0.175 e. The fourth-order valence-electron chi connectivity index (χ4n) is 6.59. The number of likely N-dealkylation sites (tertiary alicyclic amines) is 1. The van der Waals surface area contributed by atoms with Gasteiger partial charge in [0.25, 0.3) is 0 Å². The topological polar surface area (TPSA) is 67.2 Å². The molecule has 0 radical (unpaired) electrons. The van der Waals surface area contributed by atoms with E-state index in [9.17, 15) is 8.42 Å². The molecule has 6 rings (SSSR count). The maximum atomic E-state index is 15.3. The second-order valence-corrected chi connectivity index (χ2v) is 12.8. The van der Waals surface area contributed by atoms with Crippen LogP contribution < -0.4 is 5.32 Å². The van der Waals surface area contributed by atoms with Gasteiger partial charge >= 0.3 is 0 Å². The summed E-state index contributed by atoms with van der Waals surface area (Å²) in [5, 5.41) is 3.74. The number of nitrogens with one attached hydrogen (secondary N) is 1. The number of halogens is 3. The first-order valence-corrected chi connectivity index (χ1v) is 14.6. The Kier molecular flexibility index (Phi) is 8.27. The van der Waals surface area contributed by atoms with E-state index < -0.39 is 9.84 Å². The second-order valence-electron chi connectivity index (χ2n) is 10.7. The van der Waals surface area contributed by atoms with Crippen molar-refractivity contribution in [2.45, 2.75) is 67.5 Å². The lowest BCUT2D eigenvalue weighted by Gasteiger charge is -2.41. The highest BCUT2D eigenvalue weighted by Gasteiger charge is 2.37. The molecule has 0 amide bonds. The number of nitrogens with zero attached hydrogens (tertiary/aromatic N) is 3. The van der Waals surface area contributed by atoms with E-state index in [1.54, 1.807) is 34.9 Å². The molecule has 1 N–H and O–H groups in total. The molecule has 10 heteroatoms. The molecule has 6 nitrogen and oxygen atoms in total. The molecule has 2 unspecified atom stereocenters. The minimum Gasteiger partial charge on any atom is -0.325 e. The zero-order chi connectivity index (χ0) is 24.3. The van der Waals surface area contributed by atoms with E-state index in [4.69, 9.17) is 4.98 Å². The van der Waals surface area contributed by atoms with Gasteiger partial charge in [0.15, 0.2) is 9.84 Å². The molecule has 202 valence electrons. The van der Waals surface area contributed by atoms with Gasteiger partial charge in [-0.3, -0.25) is 0 Å². The second kappa shape index (κ2) is 10.8. The van der Waals surface area contributed by atoms with Crippen LogP contribution in [-0.4, -0.2) is 60.3 Å². The van der Waals surface area contributed by atoms with Crippen LogP contribution in [0.2, 0.25) is 0 Å². The number of aromatic nitrogens is 2. The number of imidazole rings is 1. The summed E-state index contributed by atoms with van der Waals surface area (Å²) in [6.07, 6.45) is 8.48. The minimum absolute atomic E-state index is 0. The molecular formula is C27H35Cl2FN4O2S. The summed E-state index contributed by atoms with van der Waals surface area (Å²) in [5.41, 5.74) is 2.94. The van der Waals surface area contributed by atoms with Crippen LogP contribution in [0, 0.1) is 5.82 Å². The summed E-state index contributed by atoms with van der Waals surface area (Å²) in [6, 6.07) is 12.5. The highest BCUT2D eigenvalue weighted by atomic mass is 35.5. The third kappa shape index (κ3) is 5.41. The molecule has 2 bridgehead atoms. The lowest BCUT2D eigenvalue weighted by molar-refractivity contribution is 0.111. The van der Waals surface area contributed by atoms with Crippen LogP contribution in [0.15, 0.2) is 41.3 Å². The van der Waals surface area contributed by atoms with Crippen molar-refractivity contribution in [3.63, 3.8) is 0 Å². The van der Waals surface area contributed by atoms with Gasteiger partial charge in [0, 0.05) is 37.0 Å². The van der Waals surface area contributed by atoms with Gasteiger partial charge in [0.1, 0.15) is 17.2 Å². The Morgan fingerprint density at radius 1 is 0.973 bits per heavy atom. The normalized spacial score (nSPS) is 24.6. The van der Waals surface area contributed by atoms with Gasteiger partial charge in [-0.25, -0.2) is 17.8 Å². The molecule has 4 heterocycles. The van der Waals surface area contributed by atoms with Crippen molar-refractivity contribution in [3.05, 3.63) is 47.8 Å². The summed E-state index contributed by atoms with van der Waals surface area (Å²) >= 11 is 0. The lowest BCUT2D eigenvalue weighted by atomic mass is 9.87. The van der Waals surface area contributed by atoms with E-state index in [-0.39, 0.29) is 35.5 Å². The van der Waals surface area contributed by atoms with Gasteiger partial charge in [0.2, 0.25) is 0 Å². The Morgan fingerprint density at radius 3 is 2.19 bits per heavy atom. The largest absolute Gasteiger partial charge is 0.325 e. The van der Waals surface area contributed by atoms with E-state index in [0.717, 1.165) is 37.1 Å². The van der Waals surface area contributed by atoms with Crippen LogP contribution in [0.5, 0.6) is 0 Å². The molecule has 3 aromatic rings. The molecule has 37 heavy (non-hydrogen) atoms. The number of fused-ring (bicyclic) bond motifs is 3. The van der Waals surface area contributed by atoms with Gasteiger partial charge in [-0.1, -0.05) is 0 Å². The third-order valence-corrected chi connectivity index (χ3v) is 9.58. The van der Waals surface area contributed by atoms with Gasteiger partial charge in [-0.15, -0.1) is 24.8 Å². The molecule has 2 atom stereocenters. The Labute approximate surface area is 230 Å². The first kappa shape index (κ1) is 28.3. The standard InChI is InChI=1S/C27H33FN4O2S.2ClH/c1-31-26-24(28)13-19(14-25(26)30-27(31)18-3-7-23(8-4-18)35(2,33)34)17-9-11-32(12-10-17)22-15-20-5-6-21(16-22)29-20;;/h3-4,7-8,13-14,17,20-22,29H,5-6,9-12,15-16H2,1-2H3;2*1H. The maximum absolute atomic E-state index is 15.3. The Bertz CT molecular complexity index is 1360. The summed E-state index contributed by atoms with van der Waals surface area (Å²) in [5.74, 6) is 0.735. The molecule has 3 saturated heterocycles. The molecule has 1 aromatic heterocycles. The first-order valence-electron chi connectivity index (χ1n) is 12.7. The fraction of sp³-hybridized carbons (Fsp3) is 0.519. The smallest absolute Gasteiger partial charge is 0.175 e. The summed E-state index contributed by atoms with van der Waals surface area (Å²) in [7, 11) is -1.46. The first-order chi connectivity index (χ1) is 16.8. The Hall–Kier alpha value is -1.71. The van der Waals surface area contributed by atoms with Crippen molar-refractivity contribution in [2.75, 3.05) is 19.3 Å². The molecule has 3 aliphatic rings. The van der Waals surface area contributed by atoms with Gasteiger partial charge < -0.3 is 14.8 Å².